The number of hydrogen-bond donors (Lipinski definition) is 2. The Morgan fingerprint density at radius 2 is 1.84 bits per heavy atom. The molecule has 25 heavy (non-hydrogen) atoms. The number of carbonyl (C=O) groups excluding carboxylic acids is 2. The minimum atomic E-state index is -0.443. The van der Waals surface area contributed by atoms with Gasteiger partial charge in [0.15, 0.2) is 6.61 Å². The van der Waals surface area contributed by atoms with E-state index in [0.29, 0.717) is 24.4 Å². The molecule has 1 atom stereocenters. The van der Waals surface area contributed by atoms with E-state index in [0.717, 1.165) is 0 Å². The summed E-state index contributed by atoms with van der Waals surface area (Å²) < 4.78 is 9.79. The quantitative estimate of drug-likeness (QED) is 0.813. The van der Waals surface area contributed by atoms with E-state index in [-0.39, 0.29) is 18.6 Å². The summed E-state index contributed by atoms with van der Waals surface area (Å²) in [5.41, 5.74) is 3.11. The molecule has 1 amide bonds. The topological polar surface area (TPSA) is 76.7 Å². The van der Waals surface area contributed by atoms with Gasteiger partial charge in [-0.15, -0.1) is 0 Å². The molecule has 0 saturated carbocycles. The number of benzene rings is 2. The van der Waals surface area contributed by atoms with Gasteiger partial charge in [-0.25, -0.2) is 4.79 Å². The highest BCUT2D eigenvalue weighted by molar-refractivity contribution is 5.95. The number of amides is 1. The molecule has 1 unspecified atom stereocenters. The molecule has 0 radical (unpaired) electrons. The lowest BCUT2D eigenvalue weighted by atomic mass is 9.95. The van der Waals surface area contributed by atoms with Gasteiger partial charge in [0, 0.05) is 12.2 Å². The minimum Gasteiger partial charge on any atom is -0.482 e. The van der Waals surface area contributed by atoms with Gasteiger partial charge in [-0.3, -0.25) is 4.79 Å². The van der Waals surface area contributed by atoms with Gasteiger partial charge >= 0.3 is 5.97 Å². The van der Waals surface area contributed by atoms with Crippen LogP contribution in [0.4, 0.5) is 5.69 Å². The van der Waals surface area contributed by atoms with Crippen LogP contribution in [0.3, 0.4) is 0 Å². The highest BCUT2D eigenvalue weighted by atomic mass is 16.6. The maximum atomic E-state index is 12.5. The highest BCUT2D eigenvalue weighted by Gasteiger charge is 2.23. The van der Waals surface area contributed by atoms with E-state index in [1.54, 1.807) is 24.3 Å². The lowest BCUT2D eigenvalue weighted by Gasteiger charge is -2.25. The second kappa shape index (κ2) is 7.81. The molecular formula is C19H20N2O4. The van der Waals surface area contributed by atoms with Gasteiger partial charge in [0.05, 0.1) is 13.2 Å². The van der Waals surface area contributed by atoms with Gasteiger partial charge in [-0.2, -0.15) is 0 Å². The van der Waals surface area contributed by atoms with Crippen LogP contribution in [0.1, 0.15) is 11.1 Å². The number of esters is 1. The van der Waals surface area contributed by atoms with Crippen molar-refractivity contribution < 1.29 is 19.1 Å². The maximum Gasteiger partial charge on any atom is 0.343 e. The van der Waals surface area contributed by atoms with Crippen molar-refractivity contribution >= 4 is 17.6 Å². The van der Waals surface area contributed by atoms with Crippen molar-refractivity contribution in [2.75, 3.05) is 19.0 Å². The average Bonchev–Trinajstić information content (AvgIpc) is 2.66. The SMILES string of the molecule is COC(=O)COc1ccc(NC(=O)C2Cc3ccccc3CN2)cc1. The summed E-state index contributed by atoms with van der Waals surface area (Å²) in [6.07, 6.45) is 0.669. The molecule has 0 aromatic heterocycles. The Hall–Kier alpha value is -2.86. The van der Waals surface area contributed by atoms with E-state index in [4.69, 9.17) is 4.74 Å². The summed E-state index contributed by atoms with van der Waals surface area (Å²) in [4.78, 5) is 23.5. The maximum absolute atomic E-state index is 12.5. The summed E-state index contributed by atoms with van der Waals surface area (Å²) in [5, 5.41) is 6.15. The van der Waals surface area contributed by atoms with Crippen molar-refractivity contribution in [1.29, 1.82) is 0 Å². The molecule has 0 saturated heterocycles. The molecule has 2 aromatic rings. The third kappa shape index (κ3) is 4.36. The lowest BCUT2D eigenvalue weighted by molar-refractivity contribution is -0.142. The Bertz CT molecular complexity index is 758. The standard InChI is InChI=1S/C19H20N2O4/c1-24-18(22)12-25-16-8-6-15(7-9-16)21-19(23)17-10-13-4-2-3-5-14(13)11-20-17/h2-9,17,20H,10-12H2,1H3,(H,21,23). The van der Waals surface area contributed by atoms with Crippen LogP contribution < -0.4 is 15.4 Å². The Kier molecular flexibility index (Phi) is 5.30. The molecule has 0 spiro atoms. The van der Waals surface area contributed by atoms with Gasteiger partial charge in [-0.05, 0) is 41.8 Å². The number of fused-ring (bicyclic) bond motifs is 1. The van der Waals surface area contributed by atoms with Crippen LogP contribution in [0, 0.1) is 0 Å². The molecular weight excluding hydrogens is 320 g/mol. The molecule has 6 heteroatoms. The first-order valence-electron chi connectivity index (χ1n) is 8.06. The van der Waals surface area contributed by atoms with E-state index >= 15 is 0 Å². The van der Waals surface area contributed by atoms with E-state index in [1.807, 2.05) is 12.1 Å². The molecule has 2 aromatic carbocycles. The van der Waals surface area contributed by atoms with Crippen molar-refractivity contribution in [3.05, 3.63) is 59.7 Å². The Balaban J connectivity index is 1.55. The van der Waals surface area contributed by atoms with Crippen LogP contribution in [0.2, 0.25) is 0 Å². The van der Waals surface area contributed by atoms with E-state index in [1.165, 1.54) is 18.2 Å². The fourth-order valence-corrected chi connectivity index (χ4v) is 2.70. The first-order valence-corrected chi connectivity index (χ1v) is 8.06. The fourth-order valence-electron chi connectivity index (χ4n) is 2.70. The van der Waals surface area contributed by atoms with Crippen LogP contribution in [-0.2, 0) is 27.3 Å². The van der Waals surface area contributed by atoms with Gasteiger partial charge in [0.2, 0.25) is 5.91 Å². The molecule has 1 aliphatic heterocycles. The predicted molar refractivity (Wildman–Crippen MR) is 93.4 cm³/mol. The number of ether oxygens (including phenoxy) is 2. The second-order valence-corrected chi connectivity index (χ2v) is 5.78. The highest BCUT2D eigenvalue weighted by Crippen LogP contribution is 2.19. The monoisotopic (exact) mass is 340 g/mol. The number of methoxy groups -OCH3 is 1. The number of nitrogens with one attached hydrogen (secondary N) is 2. The molecule has 1 aliphatic rings. The first kappa shape index (κ1) is 17.0. The predicted octanol–water partition coefficient (Wildman–Crippen LogP) is 1.89. The van der Waals surface area contributed by atoms with E-state index < -0.39 is 5.97 Å². The number of anilines is 1. The summed E-state index contributed by atoms with van der Waals surface area (Å²) in [6, 6.07) is 14.7. The van der Waals surface area contributed by atoms with Crippen molar-refractivity contribution in [3.63, 3.8) is 0 Å². The molecule has 130 valence electrons. The van der Waals surface area contributed by atoms with E-state index in [9.17, 15) is 9.59 Å². The Labute approximate surface area is 146 Å². The van der Waals surface area contributed by atoms with Crippen LogP contribution in [0.5, 0.6) is 5.75 Å². The van der Waals surface area contributed by atoms with Crippen molar-refractivity contribution in [2.24, 2.45) is 0 Å². The van der Waals surface area contributed by atoms with Gasteiger partial charge in [-0.1, -0.05) is 24.3 Å². The van der Waals surface area contributed by atoms with Crippen LogP contribution >= 0.6 is 0 Å². The summed E-state index contributed by atoms with van der Waals surface area (Å²) in [5.74, 6) is 0.0203. The summed E-state index contributed by atoms with van der Waals surface area (Å²) in [7, 11) is 1.31. The lowest BCUT2D eigenvalue weighted by Crippen LogP contribution is -2.44. The molecule has 0 fully saturated rings. The first-order chi connectivity index (χ1) is 12.2. The molecule has 0 aliphatic carbocycles. The van der Waals surface area contributed by atoms with Gasteiger partial charge < -0.3 is 20.1 Å². The third-order valence-corrected chi connectivity index (χ3v) is 4.10. The third-order valence-electron chi connectivity index (χ3n) is 4.10. The van der Waals surface area contributed by atoms with Crippen LogP contribution in [-0.4, -0.2) is 31.6 Å². The zero-order valence-electron chi connectivity index (χ0n) is 14.0. The number of carbonyl (C=O) groups is 2. The molecule has 3 rings (SSSR count). The van der Waals surface area contributed by atoms with Gasteiger partial charge in [0.25, 0.3) is 0 Å². The number of rotatable bonds is 5. The summed E-state index contributed by atoms with van der Waals surface area (Å²) in [6.45, 7) is 0.544. The molecule has 6 nitrogen and oxygen atoms in total. The average molecular weight is 340 g/mol. The molecule has 2 N–H and O–H groups in total. The van der Waals surface area contributed by atoms with E-state index in [2.05, 4.69) is 27.5 Å². The Morgan fingerprint density at radius 1 is 1.12 bits per heavy atom. The van der Waals surface area contributed by atoms with Crippen LogP contribution in [0.15, 0.2) is 48.5 Å². The van der Waals surface area contributed by atoms with Crippen LogP contribution in [0.25, 0.3) is 0 Å². The second-order valence-electron chi connectivity index (χ2n) is 5.78. The zero-order chi connectivity index (χ0) is 17.6. The van der Waals surface area contributed by atoms with Gasteiger partial charge in [0.1, 0.15) is 5.75 Å². The zero-order valence-corrected chi connectivity index (χ0v) is 14.0. The fraction of sp³-hybridized carbons (Fsp3) is 0.263. The van der Waals surface area contributed by atoms with Crippen molar-refractivity contribution in [1.82, 2.24) is 5.32 Å². The number of hydrogen-bond acceptors (Lipinski definition) is 5. The molecule has 0 bridgehead atoms. The smallest absolute Gasteiger partial charge is 0.343 e. The Morgan fingerprint density at radius 3 is 2.56 bits per heavy atom. The van der Waals surface area contributed by atoms with Crippen molar-refractivity contribution in [2.45, 2.75) is 19.0 Å². The minimum absolute atomic E-state index is 0.0715. The largest absolute Gasteiger partial charge is 0.482 e. The van der Waals surface area contributed by atoms with Crippen molar-refractivity contribution in [3.8, 4) is 5.75 Å². The summed E-state index contributed by atoms with van der Waals surface area (Å²) >= 11 is 0. The normalized spacial score (nSPS) is 15.8. The molecule has 1 heterocycles.